The van der Waals surface area contributed by atoms with Crippen molar-refractivity contribution < 1.29 is 0 Å². The van der Waals surface area contributed by atoms with Crippen LogP contribution in [-0.4, -0.2) is 20.8 Å². The molecule has 1 rings (SSSR count). The second kappa shape index (κ2) is 6.18. The van der Waals surface area contributed by atoms with E-state index in [1.807, 2.05) is 24.0 Å². The largest absolute Gasteiger partial charge is 0.329 e. The summed E-state index contributed by atoms with van der Waals surface area (Å²) >= 11 is 1.80. The third-order valence-corrected chi connectivity index (χ3v) is 4.13. The van der Waals surface area contributed by atoms with Crippen LogP contribution in [-0.2, 0) is 7.05 Å². The van der Waals surface area contributed by atoms with Crippen molar-refractivity contribution in [3.8, 4) is 0 Å². The van der Waals surface area contributed by atoms with E-state index in [1.165, 1.54) is 0 Å². The van der Waals surface area contributed by atoms with Gasteiger partial charge in [-0.3, -0.25) is 0 Å². The molecule has 0 aliphatic heterocycles. The lowest BCUT2D eigenvalue weighted by atomic mass is 10.1. The first kappa shape index (κ1) is 12.6. The van der Waals surface area contributed by atoms with Gasteiger partial charge in [0.2, 0.25) is 0 Å². The summed E-state index contributed by atoms with van der Waals surface area (Å²) in [4.78, 5) is 4.32. The van der Waals surface area contributed by atoms with Gasteiger partial charge in [-0.25, -0.2) is 4.98 Å². The average Bonchev–Trinajstić information content (AvgIpc) is 2.61. The normalized spacial score (nSPS) is 15.2. The van der Waals surface area contributed by atoms with Crippen molar-refractivity contribution in [2.24, 2.45) is 12.8 Å². The Bertz CT molecular complexity index is 285. The minimum Gasteiger partial charge on any atom is -0.329 e. The number of hydrogen-bond acceptors (Lipinski definition) is 3. The predicted molar refractivity (Wildman–Crippen MR) is 66.0 cm³/mol. The van der Waals surface area contributed by atoms with E-state index >= 15 is 0 Å². The zero-order chi connectivity index (χ0) is 11.3. The first-order valence-electron chi connectivity index (χ1n) is 5.58. The van der Waals surface area contributed by atoms with E-state index in [1.54, 1.807) is 11.8 Å². The number of thioether (sulfide) groups is 1. The Balaban J connectivity index is 2.57. The Morgan fingerprint density at radius 1 is 1.53 bits per heavy atom. The molecule has 2 atom stereocenters. The second-order valence-corrected chi connectivity index (χ2v) is 5.04. The summed E-state index contributed by atoms with van der Waals surface area (Å²) in [5.41, 5.74) is 6.15. The lowest BCUT2D eigenvalue weighted by molar-refractivity contribution is 0.564. The molecular weight excluding hydrogens is 206 g/mol. The molecule has 15 heavy (non-hydrogen) atoms. The van der Waals surface area contributed by atoms with Crippen LogP contribution < -0.4 is 5.73 Å². The Kier molecular flexibility index (Phi) is 5.19. The molecule has 0 amide bonds. The Morgan fingerprint density at radius 2 is 2.27 bits per heavy atom. The van der Waals surface area contributed by atoms with Gasteiger partial charge in [0.05, 0.1) is 0 Å². The van der Waals surface area contributed by atoms with Crippen molar-refractivity contribution in [1.82, 2.24) is 9.55 Å². The maximum Gasteiger partial charge on any atom is 0.167 e. The van der Waals surface area contributed by atoms with Gasteiger partial charge in [0, 0.05) is 30.7 Å². The van der Waals surface area contributed by atoms with Crippen LogP contribution in [0, 0.1) is 0 Å². The van der Waals surface area contributed by atoms with Crippen LogP contribution in [0.15, 0.2) is 17.6 Å². The first-order chi connectivity index (χ1) is 7.19. The molecule has 3 nitrogen and oxygen atoms in total. The Morgan fingerprint density at radius 3 is 2.73 bits per heavy atom. The number of nitrogens with two attached hydrogens (primary N) is 1. The van der Waals surface area contributed by atoms with E-state index in [2.05, 4.69) is 18.8 Å². The number of rotatable bonds is 6. The highest BCUT2D eigenvalue weighted by molar-refractivity contribution is 7.99. The molecule has 2 N–H and O–H groups in total. The first-order valence-corrected chi connectivity index (χ1v) is 6.46. The van der Waals surface area contributed by atoms with Crippen LogP contribution in [0.3, 0.4) is 0 Å². The van der Waals surface area contributed by atoms with E-state index in [0.717, 1.165) is 24.4 Å². The third kappa shape index (κ3) is 3.54. The molecule has 1 aromatic heterocycles. The molecule has 0 spiro atoms. The average molecular weight is 227 g/mol. The number of aryl methyl sites for hydroxylation is 1. The van der Waals surface area contributed by atoms with Gasteiger partial charge in [0.25, 0.3) is 0 Å². The summed E-state index contributed by atoms with van der Waals surface area (Å²) in [7, 11) is 2.02. The summed E-state index contributed by atoms with van der Waals surface area (Å²) in [6.45, 7) is 4.37. The zero-order valence-corrected chi connectivity index (χ0v) is 10.6. The van der Waals surface area contributed by atoms with Crippen molar-refractivity contribution in [3.63, 3.8) is 0 Å². The smallest absolute Gasteiger partial charge is 0.167 e. The van der Waals surface area contributed by atoms with Gasteiger partial charge in [-0.15, -0.1) is 0 Å². The minimum atomic E-state index is 0.279. The van der Waals surface area contributed by atoms with Crippen LogP contribution in [0.1, 0.15) is 33.1 Å². The monoisotopic (exact) mass is 227 g/mol. The molecular formula is C11H21N3S. The van der Waals surface area contributed by atoms with Gasteiger partial charge in [-0.2, -0.15) is 0 Å². The zero-order valence-electron chi connectivity index (χ0n) is 9.81. The van der Waals surface area contributed by atoms with E-state index < -0.39 is 0 Å². The van der Waals surface area contributed by atoms with Crippen LogP contribution in [0.4, 0.5) is 0 Å². The Hall–Kier alpha value is -0.480. The molecule has 0 aliphatic rings. The van der Waals surface area contributed by atoms with Crippen molar-refractivity contribution in [1.29, 1.82) is 0 Å². The summed E-state index contributed by atoms with van der Waals surface area (Å²) in [6.07, 6.45) is 7.15. The fraction of sp³-hybridized carbons (Fsp3) is 0.727. The topological polar surface area (TPSA) is 43.8 Å². The SMILES string of the molecule is CCCC(N)C(CC)Sc1nccn1C. The maximum atomic E-state index is 6.15. The quantitative estimate of drug-likeness (QED) is 0.759. The highest BCUT2D eigenvalue weighted by Crippen LogP contribution is 2.26. The lowest BCUT2D eigenvalue weighted by Gasteiger charge is -2.21. The number of imidazole rings is 1. The summed E-state index contributed by atoms with van der Waals surface area (Å²) in [5.74, 6) is 0. The van der Waals surface area contributed by atoms with E-state index in [-0.39, 0.29) is 6.04 Å². The highest BCUT2D eigenvalue weighted by atomic mass is 32.2. The van der Waals surface area contributed by atoms with Gasteiger partial charge >= 0.3 is 0 Å². The van der Waals surface area contributed by atoms with Gasteiger partial charge < -0.3 is 10.3 Å². The predicted octanol–water partition coefficient (Wildman–Crippen LogP) is 2.42. The van der Waals surface area contributed by atoms with Crippen LogP contribution >= 0.6 is 11.8 Å². The van der Waals surface area contributed by atoms with E-state index in [4.69, 9.17) is 5.73 Å². The highest BCUT2D eigenvalue weighted by Gasteiger charge is 2.18. The van der Waals surface area contributed by atoms with Crippen LogP contribution in [0.2, 0.25) is 0 Å². The molecule has 0 aliphatic carbocycles. The molecule has 0 bridgehead atoms. The molecule has 1 aromatic rings. The molecule has 4 heteroatoms. The number of nitrogens with zero attached hydrogens (tertiary/aromatic N) is 2. The molecule has 0 saturated heterocycles. The van der Waals surface area contributed by atoms with Crippen molar-refractivity contribution in [3.05, 3.63) is 12.4 Å². The van der Waals surface area contributed by atoms with Crippen LogP contribution in [0.25, 0.3) is 0 Å². The van der Waals surface area contributed by atoms with E-state index in [0.29, 0.717) is 5.25 Å². The summed E-state index contributed by atoms with van der Waals surface area (Å²) in [5, 5.41) is 1.54. The molecule has 0 fully saturated rings. The summed E-state index contributed by atoms with van der Waals surface area (Å²) < 4.78 is 2.05. The van der Waals surface area contributed by atoms with Gasteiger partial charge in [-0.1, -0.05) is 32.0 Å². The molecule has 1 heterocycles. The van der Waals surface area contributed by atoms with Gasteiger partial charge in [0.1, 0.15) is 0 Å². The second-order valence-electron chi connectivity index (χ2n) is 3.84. The van der Waals surface area contributed by atoms with E-state index in [9.17, 15) is 0 Å². The van der Waals surface area contributed by atoms with Crippen LogP contribution in [0.5, 0.6) is 0 Å². The molecule has 0 saturated carbocycles. The standard InChI is InChI=1S/C11H21N3S/c1-4-6-9(12)10(5-2)15-11-13-7-8-14(11)3/h7-10H,4-6,12H2,1-3H3. The van der Waals surface area contributed by atoms with Crippen molar-refractivity contribution in [2.75, 3.05) is 0 Å². The minimum absolute atomic E-state index is 0.279. The molecule has 2 unspecified atom stereocenters. The van der Waals surface area contributed by atoms with Crippen molar-refractivity contribution in [2.45, 2.75) is 49.6 Å². The van der Waals surface area contributed by atoms with Gasteiger partial charge in [0.15, 0.2) is 5.16 Å². The fourth-order valence-corrected chi connectivity index (χ4v) is 2.69. The fourth-order valence-electron chi connectivity index (χ4n) is 1.59. The van der Waals surface area contributed by atoms with Crippen molar-refractivity contribution >= 4 is 11.8 Å². The number of aromatic nitrogens is 2. The third-order valence-electron chi connectivity index (χ3n) is 2.54. The number of hydrogen-bond donors (Lipinski definition) is 1. The molecule has 86 valence electrons. The van der Waals surface area contributed by atoms with Gasteiger partial charge in [-0.05, 0) is 12.8 Å². The molecule has 0 aromatic carbocycles. The maximum absolute atomic E-state index is 6.15. The lowest BCUT2D eigenvalue weighted by Crippen LogP contribution is -2.32. The summed E-state index contributed by atoms with van der Waals surface area (Å²) in [6, 6.07) is 0.279. The molecule has 0 radical (unpaired) electrons. The Labute approximate surface area is 96.5 Å².